The number of nitrogens with one attached hydrogen (secondary N) is 2. The number of nitrogens with zero attached hydrogens (tertiary/aromatic N) is 1. The summed E-state index contributed by atoms with van der Waals surface area (Å²) in [5.41, 5.74) is 1.21. The first-order valence-electron chi connectivity index (χ1n) is 8.50. The van der Waals surface area contributed by atoms with Gasteiger partial charge in [-0.2, -0.15) is 0 Å². The van der Waals surface area contributed by atoms with Gasteiger partial charge in [-0.3, -0.25) is 4.99 Å². The minimum atomic E-state index is 0. The van der Waals surface area contributed by atoms with Crippen molar-refractivity contribution in [2.24, 2.45) is 4.99 Å². The predicted molar refractivity (Wildman–Crippen MR) is 112 cm³/mol. The van der Waals surface area contributed by atoms with Gasteiger partial charge in [0.25, 0.3) is 0 Å². The highest BCUT2D eigenvalue weighted by Gasteiger charge is 2.07. The van der Waals surface area contributed by atoms with Crippen molar-refractivity contribution in [3.63, 3.8) is 0 Å². The number of benzene rings is 1. The maximum atomic E-state index is 5.66. The Morgan fingerprint density at radius 3 is 2.38 bits per heavy atom. The summed E-state index contributed by atoms with van der Waals surface area (Å²) in [6.07, 6.45) is 1.96. The Labute approximate surface area is 163 Å². The van der Waals surface area contributed by atoms with Gasteiger partial charge >= 0.3 is 0 Å². The minimum Gasteiger partial charge on any atom is -0.490 e. The van der Waals surface area contributed by atoms with Gasteiger partial charge in [-0.1, -0.05) is 13.0 Å². The molecule has 0 aromatic heterocycles. The first kappa shape index (κ1) is 22.8. The molecule has 1 unspecified atom stereocenters. The molecule has 1 rings (SSSR count). The molecule has 1 atom stereocenters. The quantitative estimate of drug-likeness (QED) is 0.344. The van der Waals surface area contributed by atoms with Crippen LogP contribution in [0.5, 0.6) is 11.5 Å². The van der Waals surface area contributed by atoms with E-state index in [2.05, 4.69) is 41.6 Å². The van der Waals surface area contributed by atoms with Crippen LogP contribution in [0, 0.1) is 0 Å². The molecule has 0 saturated heterocycles. The van der Waals surface area contributed by atoms with Gasteiger partial charge in [-0.15, -0.1) is 24.0 Å². The Bertz CT molecular complexity index is 495. The molecular formula is C18H32IN3O2. The number of ether oxygens (including phenoxy) is 2. The number of rotatable bonds is 9. The van der Waals surface area contributed by atoms with Gasteiger partial charge in [-0.05, 0) is 51.3 Å². The van der Waals surface area contributed by atoms with E-state index in [1.807, 2.05) is 19.9 Å². The second kappa shape index (κ2) is 13.1. The fraction of sp³-hybridized carbons (Fsp3) is 0.611. The molecule has 0 heterocycles. The summed E-state index contributed by atoms with van der Waals surface area (Å²) in [5.74, 6) is 2.46. The van der Waals surface area contributed by atoms with E-state index in [0.717, 1.165) is 36.8 Å². The van der Waals surface area contributed by atoms with Crippen molar-refractivity contribution in [3.05, 3.63) is 23.8 Å². The molecule has 0 spiro atoms. The Morgan fingerprint density at radius 1 is 1.12 bits per heavy atom. The van der Waals surface area contributed by atoms with E-state index in [9.17, 15) is 0 Å². The smallest absolute Gasteiger partial charge is 0.191 e. The number of hydrogen-bond donors (Lipinski definition) is 2. The van der Waals surface area contributed by atoms with E-state index >= 15 is 0 Å². The van der Waals surface area contributed by atoms with Gasteiger partial charge in [-0.25, -0.2) is 0 Å². The monoisotopic (exact) mass is 449 g/mol. The van der Waals surface area contributed by atoms with Crippen LogP contribution in [0.3, 0.4) is 0 Å². The summed E-state index contributed by atoms with van der Waals surface area (Å²) in [6.45, 7) is 10.3. The number of halogens is 1. The normalized spacial score (nSPS) is 12.1. The molecule has 0 fully saturated rings. The number of aliphatic imine (C=N–C) groups is 1. The van der Waals surface area contributed by atoms with Crippen molar-refractivity contribution in [1.29, 1.82) is 0 Å². The third-order valence-electron chi connectivity index (χ3n) is 3.53. The van der Waals surface area contributed by atoms with Crippen molar-refractivity contribution in [2.75, 3.05) is 26.8 Å². The van der Waals surface area contributed by atoms with Crippen LogP contribution in [0.25, 0.3) is 0 Å². The summed E-state index contributed by atoms with van der Waals surface area (Å²) < 4.78 is 11.3. The molecule has 0 radical (unpaired) electrons. The van der Waals surface area contributed by atoms with Crippen molar-refractivity contribution < 1.29 is 9.47 Å². The Kier molecular flexibility index (Phi) is 12.5. The van der Waals surface area contributed by atoms with E-state index in [4.69, 9.17) is 9.47 Å². The van der Waals surface area contributed by atoms with Crippen LogP contribution in [0.2, 0.25) is 0 Å². The number of guanidine groups is 1. The maximum absolute atomic E-state index is 5.66. The molecule has 24 heavy (non-hydrogen) atoms. The molecule has 138 valence electrons. The van der Waals surface area contributed by atoms with Crippen LogP contribution in [0.15, 0.2) is 23.2 Å². The zero-order valence-electron chi connectivity index (χ0n) is 15.5. The largest absolute Gasteiger partial charge is 0.490 e. The molecule has 1 aromatic carbocycles. The Hall–Kier alpha value is -1.18. The minimum absolute atomic E-state index is 0. The van der Waals surface area contributed by atoms with Crippen LogP contribution >= 0.6 is 24.0 Å². The third kappa shape index (κ3) is 8.08. The van der Waals surface area contributed by atoms with Gasteiger partial charge < -0.3 is 20.1 Å². The topological polar surface area (TPSA) is 54.9 Å². The van der Waals surface area contributed by atoms with E-state index in [1.54, 1.807) is 7.05 Å². The zero-order chi connectivity index (χ0) is 17.1. The van der Waals surface area contributed by atoms with Crippen molar-refractivity contribution in [2.45, 2.75) is 46.6 Å². The molecular weight excluding hydrogens is 417 g/mol. The van der Waals surface area contributed by atoms with Gasteiger partial charge in [0.1, 0.15) is 0 Å². The van der Waals surface area contributed by atoms with Crippen LogP contribution < -0.4 is 20.1 Å². The van der Waals surface area contributed by atoms with E-state index in [1.165, 1.54) is 5.56 Å². The van der Waals surface area contributed by atoms with E-state index in [-0.39, 0.29) is 24.0 Å². The van der Waals surface area contributed by atoms with E-state index < -0.39 is 0 Å². The first-order valence-corrected chi connectivity index (χ1v) is 8.50. The van der Waals surface area contributed by atoms with Gasteiger partial charge in [0.05, 0.1) is 13.2 Å². The molecule has 0 aliphatic heterocycles. The lowest BCUT2D eigenvalue weighted by atomic mass is 10.1. The van der Waals surface area contributed by atoms with Crippen LogP contribution in [0.1, 0.15) is 39.7 Å². The van der Waals surface area contributed by atoms with Crippen LogP contribution in [-0.4, -0.2) is 38.8 Å². The molecule has 0 amide bonds. The third-order valence-corrected chi connectivity index (χ3v) is 3.53. The Balaban J connectivity index is 0.00000529. The molecule has 0 aliphatic rings. The van der Waals surface area contributed by atoms with Crippen LogP contribution in [0.4, 0.5) is 0 Å². The summed E-state index contributed by atoms with van der Waals surface area (Å²) in [6, 6.07) is 6.54. The highest BCUT2D eigenvalue weighted by atomic mass is 127. The molecule has 1 aromatic rings. The van der Waals surface area contributed by atoms with Crippen molar-refractivity contribution >= 4 is 29.9 Å². The maximum Gasteiger partial charge on any atom is 0.191 e. The second-order valence-corrected chi connectivity index (χ2v) is 5.35. The summed E-state index contributed by atoms with van der Waals surface area (Å²) >= 11 is 0. The summed E-state index contributed by atoms with van der Waals surface area (Å²) in [7, 11) is 1.79. The lowest BCUT2D eigenvalue weighted by Crippen LogP contribution is -2.42. The average Bonchev–Trinajstić information content (AvgIpc) is 2.56. The fourth-order valence-corrected chi connectivity index (χ4v) is 2.11. The molecule has 0 saturated carbocycles. The fourth-order valence-electron chi connectivity index (χ4n) is 2.11. The molecule has 0 aliphatic carbocycles. The van der Waals surface area contributed by atoms with Gasteiger partial charge in [0.15, 0.2) is 17.5 Å². The lowest BCUT2D eigenvalue weighted by molar-refractivity contribution is 0.287. The van der Waals surface area contributed by atoms with Crippen LogP contribution in [-0.2, 0) is 6.42 Å². The zero-order valence-corrected chi connectivity index (χ0v) is 17.8. The predicted octanol–water partition coefficient (Wildman–Crippen LogP) is 3.61. The average molecular weight is 449 g/mol. The summed E-state index contributed by atoms with van der Waals surface area (Å²) in [4.78, 5) is 4.24. The molecule has 6 heteroatoms. The highest BCUT2D eigenvalue weighted by molar-refractivity contribution is 14.0. The van der Waals surface area contributed by atoms with Crippen molar-refractivity contribution in [3.8, 4) is 11.5 Å². The van der Waals surface area contributed by atoms with E-state index in [0.29, 0.717) is 19.3 Å². The second-order valence-electron chi connectivity index (χ2n) is 5.35. The highest BCUT2D eigenvalue weighted by Crippen LogP contribution is 2.28. The van der Waals surface area contributed by atoms with Crippen molar-refractivity contribution in [1.82, 2.24) is 10.6 Å². The molecule has 2 N–H and O–H groups in total. The standard InChI is InChI=1S/C18H31N3O2.HI/c1-6-14(4)21-18(19-5)20-12-11-15-9-10-16(22-7-2)17(13-15)23-8-3;/h9-10,13-14H,6-8,11-12H2,1-5H3,(H2,19,20,21);1H. The SMILES string of the molecule is CCOc1ccc(CCNC(=NC)NC(C)CC)cc1OCC.I. The summed E-state index contributed by atoms with van der Waals surface area (Å²) in [5, 5.41) is 6.70. The van der Waals surface area contributed by atoms with Gasteiger partial charge in [0.2, 0.25) is 0 Å². The molecule has 0 bridgehead atoms. The van der Waals surface area contributed by atoms with Gasteiger partial charge in [0, 0.05) is 19.6 Å². The first-order chi connectivity index (χ1) is 11.1. The lowest BCUT2D eigenvalue weighted by Gasteiger charge is -2.17. The number of hydrogen-bond acceptors (Lipinski definition) is 3. The Morgan fingerprint density at radius 2 is 1.79 bits per heavy atom. The molecule has 5 nitrogen and oxygen atoms in total.